The van der Waals surface area contributed by atoms with Crippen LogP contribution in [0.25, 0.3) is 0 Å². The molecule has 0 heterocycles. The van der Waals surface area contributed by atoms with Gasteiger partial charge in [0.1, 0.15) is 0 Å². The number of carbonyl (C=O) groups excluding carboxylic acids is 1. The van der Waals surface area contributed by atoms with Gasteiger partial charge in [-0.3, -0.25) is 9.36 Å². The molecule has 0 saturated carbocycles. The minimum absolute atomic E-state index is 0.157. The lowest BCUT2D eigenvalue weighted by Crippen LogP contribution is -2.04. The number of unbranched alkanes of at least 4 members (excludes halogenated alkanes) is 20. The Morgan fingerprint density at radius 2 is 0.971 bits per heavy atom. The smallest absolute Gasteiger partial charge is 0.319 e. The lowest BCUT2D eigenvalue weighted by atomic mass is 10.1. The number of hydrogen-bond acceptors (Lipinski definition) is 3. The van der Waals surface area contributed by atoms with Gasteiger partial charge >= 0.3 is 7.60 Å². The highest BCUT2D eigenvalue weighted by molar-refractivity contribution is 7.70. The van der Waals surface area contributed by atoms with Crippen LogP contribution >= 0.6 is 7.60 Å². The fraction of sp³-hybridized carbons (Fsp3) is 0.900. The summed E-state index contributed by atoms with van der Waals surface area (Å²) in [6.07, 6.45) is 32.3. The molecule has 0 aliphatic carbocycles. The third-order valence-electron chi connectivity index (χ3n) is 6.73. The molecule has 0 fully saturated rings. The van der Waals surface area contributed by atoms with Gasteiger partial charge in [0.25, 0.3) is 0 Å². The summed E-state index contributed by atoms with van der Waals surface area (Å²) in [5.74, 6) is 0. The second-order valence-electron chi connectivity index (χ2n) is 10.3. The molecule has 4 nitrogen and oxygen atoms in total. The number of rotatable bonds is 28. The predicted molar refractivity (Wildman–Crippen MR) is 152 cm³/mol. The van der Waals surface area contributed by atoms with Crippen molar-refractivity contribution in [2.75, 3.05) is 6.61 Å². The zero-order valence-corrected chi connectivity index (χ0v) is 24.3. The van der Waals surface area contributed by atoms with E-state index in [2.05, 4.69) is 26.0 Å². The van der Waals surface area contributed by atoms with Crippen molar-refractivity contribution in [2.45, 2.75) is 168 Å². The molecule has 0 rings (SSSR count). The SMILES string of the molecule is CCCCCCCCC=CCCCCCCCC(=O)P(=O)(O)OCCCCCCCCCCCC. The van der Waals surface area contributed by atoms with Crippen LogP contribution in [0.2, 0.25) is 0 Å². The summed E-state index contributed by atoms with van der Waals surface area (Å²) in [5, 5.41) is 0. The highest BCUT2D eigenvalue weighted by Crippen LogP contribution is 2.44. The van der Waals surface area contributed by atoms with Gasteiger partial charge in [-0.05, 0) is 38.5 Å². The lowest BCUT2D eigenvalue weighted by molar-refractivity contribution is -0.113. The summed E-state index contributed by atoms with van der Waals surface area (Å²) in [7, 11) is -4.10. The zero-order valence-electron chi connectivity index (χ0n) is 23.5. The summed E-state index contributed by atoms with van der Waals surface area (Å²) in [5.41, 5.74) is -0.609. The molecule has 0 saturated heterocycles. The van der Waals surface area contributed by atoms with Gasteiger partial charge < -0.3 is 9.42 Å². The highest BCUT2D eigenvalue weighted by Gasteiger charge is 2.29. The Kier molecular flexibility index (Phi) is 26.3. The average molecular weight is 515 g/mol. The number of carbonyl (C=O) groups is 1. The molecule has 1 N–H and O–H groups in total. The summed E-state index contributed by atoms with van der Waals surface area (Å²) >= 11 is 0. The fourth-order valence-corrected chi connectivity index (χ4v) is 5.30. The molecular weight excluding hydrogens is 455 g/mol. The standard InChI is InChI=1S/C30H59O4P/c1-3-5-7-9-11-13-15-16-17-18-19-20-22-24-26-28-30(31)35(32,33)34-29-27-25-23-21-14-12-10-8-6-4-2/h16-17H,3-15,18-29H2,1-2H3,(H,32,33). The van der Waals surface area contributed by atoms with Crippen molar-refractivity contribution in [3.05, 3.63) is 12.2 Å². The van der Waals surface area contributed by atoms with Crippen molar-refractivity contribution in [3.8, 4) is 0 Å². The summed E-state index contributed by atoms with van der Waals surface area (Å²) in [4.78, 5) is 22.0. The largest absolute Gasteiger partial charge is 0.394 e. The normalized spacial score (nSPS) is 13.5. The summed E-state index contributed by atoms with van der Waals surface area (Å²) in [6.45, 7) is 4.70. The fourth-order valence-electron chi connectivity index (χ4n) is 4.34. The van der Waals surface area contributed by atoms with Gasteiger partial charge in [0, 0.05) is 6.42 Å². The van der Waals surface area contributed by atoms with Crippen LogP contribution in [0.3, 0.4) is 0 Å². The Labute approximate surface area is 218 Å². The molecule has 0 amide bonds. The van der Waals surface area contributed by atoms with Crippen LogP contribution in [0.1, 0.15) is 168 Å². The van der Waals surface area contributed by atoms with Crippen molar-refractivity contribution in [1.29, 1.82) is 0 Å². The first kappa shape index (κ1) is 34.6. The van der Waals surface area contributed by atoms with Crippen LogP contribution in [0.4, 0.5) is 0 Å². The summed E-state index contributed by atoms with van der Waals surface area (Å²) in [6, 6.07) is 0. The van der Waals surface area contributed by atoms with Crippen LogP contribution < -0.4 is 0 Å². The van der Waals surface area contributed by atoms with Gasteiger partial charge in [0.05, 0.1) is 6.61 Å². The van der Waals surface area contributed by atoms with Crippen LogP contribution in [0.15, 0.2) is 12.2 Å². The van der Waals surface area contributed by atoms with Crippen molar-refractivity contribution in [2.24, 2.45) is 0 Å². The Morgan fingerprint density at radius 1 is 0.600 bits per heavy atom. The Hall–Kier alpha value is -0.440. The molecule has 0 aromatic heterocycles. The molecule has 1 unspecified atom stereocenters. The molecule has 0 radical (unpaired) electrons. The first-order chi connectivity index (χ1) is 17.0. The van der Waals surface area contributed by atoms with Crippen molar-refractivity contribution < 1.29 is 18.8 Å². The third-order valence-corrected chi connectivity index (χ3v) is 8.12. The molecule has 1 atom stereocenters. The molecule has 5 heteroatoms. The molecule has 0 aromatic rings. The van der Waals surface area contributed by atoms with E-state index in [4.69, 9.17) is 4.52 Å². The minimum Gasteiger partial charge on any atom is -0.319 e. The highest BCUT2D eigenvalue weighted by atomic mass is 31.2. The van der Waals surface area contributed by atoms with Gasteiger partial charge in [0.15, 0.2) is 0 Å². The second-order valence-corrected chi connectivity index (χ2v) is 12.1. The van der Waals surface area contributed by atoms with E-state index in [9.17, 15) is 14.3 Å². The predicted octanol–water partition coefficient (Wildman–Crippen LogP) is 10.7. The average Bonchev–Trinajstić information content (AvgIpc) is 2.84. The monoisotopic (exact) mass is 514 g/mol. The minimum atomic E-state index is -4.10. The van der Waals surface area contributed by atoms with E-state index in [0.717, 1.165) is 44.9 Å². The third kappa shape index (κ3) is 25.0. The van der Waals surface area contributed by atoms with Gasteiger partial charge in [0.2, 0.25) is 5.52 Å². The van der Waals surface area contributed by atoms with E-state index in [1.165, 1.54) is 96.3 Å². The topological polar surface area (TPSA) is 63.6 Å². The Bertz CT molecular complexity index is 532. The molecular formula is C30H59O4P. The van der Waals surface area contributed by atoms with E-state index in [1.54, 1.807) is 0 Å². The maximum atomic E-state index is 12.1. The second kappa shape index (κ2) is 26.6. The Balaban J connectivity index is 3.50. The quantitative estimate of drug-likeness (QED) is 0.0640. The van der Waals surface area contributed by atoms with Crippen molar-refractivity contribution in [3.63, 3.8) is 0 Å². The maximum Gasteiger partial charge on any atom is 0.394 e. The van der Waals surface area contributed by atoms with Crippen molar-refractivity contribution in [1.82, 2.24) is 0 Å². The molecule has 208 valence electrons. The van der Waals surface area contributed by atoms with Crippen molar-refractivity contribution >= 4 is 13.1 Å². The number of hydrogen-bond donors (Lipinski definition) is 1. The van der Waals surface area contributed by atoms with Crippen LogP contribution in [-0.4, -0.2) is 17.0 Å². The zero-order chi connectivity index (χ0) is 25.9. The van der Waals surface area contributed by atoms with Crippen LogP contribution in [-0.2, 0) is 13.9 Å². The lowest BCUT2D eigenvalue weighted by Gasteiger charge is -2.11. The van der Waals surface area contributed by atoms with E-state index >= 15 is 0 Å². The van der Waals surface area contributed by atoms with E-state index < -0.39 is 13.1 Å². The molecule has 0 aliphatic rings. The summed E-state index contributed by atoms with van der Waals surface area (Å²) < 4.78 is 17.2. The van der Waals surface area contributed by atoms with Gasteiger partial charge in [-0.25, -0.2) is 0 Å². The van der Waals surface area contributed by atoms with Gasteiger partial charge in [-0.2, -0.15) is 0 Å². The number of allylic oxidation sites excluding steroid dienone is 2. The molecule has 0 aromatic carbocycles. The van der Waals surface area contributed by atoms with E-state index in [0.29, 0.717) is 6.42 Å². The maximum absolute atomic E-state index is 12.1. The van der Waals surface area contributed by atoms with Gasteiger partial charge in [-0.15, -0.1) is 0 Å². The molecule has 35 heavy (non-hydrogen) atoms. The molecule has 0 aliphatic heterocycles. The van der Waals surface area contributed by atoms with E-state index in [1.807, 2.05) is 0 Å². The molecule has 0 spiro atoms. The first-order valence-electron chi connectivity index (χ1n) is 15.2. The first-order valence-corrected chi connectivity index (χ1v) is 16.8. The van der Waals surface area contributed by atoms with Crippen LogP contribution in [0.5, 0.6) is 0 Å². The molecule has 0 bridgehead atoms. The van der Waals surface area contributed by atoms with Crippen LogP contribution in [0, 0.1) is 0 Å². The Morgan fingerprint density at radius 3 is 1.43 bits per heavy atom. The van der Waals surface area contributed by atoms with Gasteiger partial charge in [-0.1, -0.05) is 135 Å². The van der Waals surface area contributed by atoms with E-state index in [-0.39, 0.29) is 13.0 Å².